The lowest BCUT2D eigenvalue weighted by atomic mass is 9.80. The fourth-order valence-corrected chi connectivity index (χ4v) is 4.65. The Kier molecular flexibility index (Phi) is 5.62. The first-order chi connectivity index (χ1) is 12.5. The van der Waals surface area contributed by atoms with Gasteiger partial charge in [0.1, 0.15) is 11.5 Å². The van der Waals surface area contributed by atoms with Gasteiger partial charge < -0.3 is 19.6 Å². The van der Waals surface area contributed by atoms with Gasteiger partial charge in [-0.3, -0.25) is 14.4 Å². The molecule has 7 nitrogen and oxygen atoms in total. The van der Waals surface area contributed by atoms with Crippen molar-refractivity contribution in [1.29, 1.82) is 0 Å². The van der Waals surface area contributed by atoms with Crippen LogP contribution in [0.15, 0.2) is 17.5 Å². The number of amides is 2. The van der Waals surface area contributed by atoms with Crippen LogP contribution in [0, 0.1) is 5.41 Å². The Labute approximate surface area is 156 Å². The van der Waals surface area contributed by atoms with Crippen molar-refractivity contribution in [2.45, 2.75) is 31.7 Å². The molecule has 8 heteroatoms. The second-order valence-corrected chi connectivity index (χ2v) is 7.96. The summed E-state index contributed by atoms with van der Waals surface area (Å²) in [6.07, 6.45) is 2.51. The summed E-state index contributed by atoms with van der Waals surface area (Å²) in [6, 6.07) is 3.08. The maximum absolute atomic E-state index is 13.1. The molecule has 2 fully saturated rings. The highest BCUT2D eigenvalue weighted by molar-refractivity contribution is 7.12. The summed E-state index contributed by atoms with van der Waals surface area (Å²) in [5, 5.41) is 11.5. The number of carbonyl (C=O) groups excluding carboxylic acids is 2. The number of carbonyl (C=O) groups is 3. The molecule has 1 N–H and O–H groups in total. The van der Waals surface area contributed by atoms with Gasteiger partial charge in [-0.15, -0.1) is 11.3 Å². The summed E-state index contributed by atoms with van der Waals surface area (Å²) in [4.78, 5) is 41.5. The Morgan fingerprint density at radius 2 is 2.15 bits per heavy atom. The first-order valence-electron chi connectivity index (χ1n) is 8.84. The predicted octanol–water partition coefficient (Wildman–Crippen LogP) is 1.69. The SMILES string of the molecule is COCC1(C(=O)O)CCCN(C(=O)C2CCCN2C(=O)c2cccs2)C1. The van der Waals surface area contributed by atoms with E-state index in [-0.39, 0.29) is 25.0 Å². The minimum absolute atomic E-state index is 0.0780. The summed E-state index contributed by atoms with van der Waals surface area (Å²) in [5.41, 5.74) is -1.07. The number of ether oxygens (including phenoxy) is 1. The van der Waals surface area contributed by atoms with Gasteiger partial charge in [-0.1, -0.05) is 6.07 Å². The molecule has 3 heterocycles. The topological polar surface area (TPSA) is 87.2 Å². The molecule has 26 heavy (non-hydrogen) atoms. The molecule has 142 valence electrons. The molecular formula is C18H24N2O5S. The summed E-state index contributed by atoms with van der Waals surface area (Å²) < 4.78 is 5.13. The second kappa shape index (κ2) is 7.75. The van der Waals surface area contributed by atoms with Crippen LogP contribution in [0.3, 0.4) is 0 Å². The van der Waals surface area contributed by atoms with Crippen LogP contribution in [0.25, 0.3) is 0 Å². The number of aliphatic carboxylic acids is 1. The Morgan fingerprint density at radius 3 is 2.81 bits per heavy atom. The molecule has 1 aromatic rings. The summed E-state index contributed by atoms with van der Waals surface area (Å²) >= 11 is 1.37. The average Bonchev–Trinajstić information content (AvgIpc) is 3.32. The molecule has 0 bridgehead atoms. The normalized spacial score (nSPS) is 26.1. The lowest BCUT2D eigenvalue weighted by Crippen LogP contribution is -2.56. The van der Waals surface area contributed by atoms with Crippen LogP contribution in [-0.2, 0) is 14.3 Å². The number of likely N-dealkylation sites (tertiary alicyclic amines) is 2. The number of thiophene rings is 1. The first-order valence-corrected chi connectivity index (χ1v) is 9.72. The van der Waals surface area contributed by atoms with E-state index < -0.39 is 17.4 Å². The monoisotopic (exact) mass is 380 g/mol. The average molecular weight is 380 g/mol. The highest BCUT2D eigenvalue weighted by atomic mass is 32.1. The Balaban J connectivity index is 1.75. The third kappa shape index (κ3) is 3.48. The van der Waals surface area contributed by atoms with Gasteiger partial charge in [0.25, 0.3) is 5.91 Å². The molecule has 2 aliphatic rings. The van der Waals surface area contributed by atoms with Crippen molar-refractivity contribution in [1.82, 2.24) is 9.80 Å². The lowest BCUT2D eigenvalue weighted by molar-refractivity contribution is -0.159. The van der Waals surface area contributed by atoms with E-state index in [0.717, 1.165) is 6.42 Å². The highest BCUT2D eigenvalue weighted by Gasteiger charge is 2.46. The van der Waals surface area contributed by atoms with E-state index in [9.17, 15) is 19.5 Å². The van der Waals surface area contributed by atoms with Crippen molar-refractivity contribution in [2.75, 3.05) is 33.4 Å². The molecule has 0 aliphatic carbocycles. The summed E-state index contributed by atoms with van der Waals surface area (Å²) in [7, 11) is 1.48. The van der Waals surface area contributed by atoms with Crippen LogP contribution < -0.4 is 0 Å². The Hall–Kier alpha value is -1.93. The van der Waals surface area contributed by atoms with Crippen molar-refractivity contribution in [2.24, 2.45) is 5.41 Å². The van der Waals surface area contributed by atoms with Crippen molar-refractivity contribution in [3.63, 3.8) is 0 Å². The van der Waals surface area contributed by atoms with Gasteiger partial charge in [0.2, 0.25) is 5.91 Å². The van der Waals surface area contributed by atoms with Crippen molar-refractivity contribution in [3.05, 3.63) is 22.4 Å². The van der Waals surface area contributed by atoms with Crippen molar-refractivity contribution >= 4 is 29.1 Å². The van der Waals surface area contributed by atoms with E-state index >= 15 is 0 Å². The minimum atomic E-state index is -1.07. The molecule has 1 aromatic heterocycles. The zero-order chi connectivity index (χ0) is 18.7. The maximum atomic E-state index is 13.1. The number of hydrogen-bond acceptors (Lipinski definition) is 5. The molecule has 0 radical (unpaired) electrons. The Morgan fingerprint density at radius 1 is 1.35 bits per heavy atom. The summed E-state index contributed by atoms with van der Waals surface area (Å²) in [5.74, 6) is -1.20. The molecule has 2 unspecified atom stereocenters. The van der Waals surface area contributed by atoms with Crippen LogP contribution in [0.5, 0.6) is 0 Å². The van der Waals surface area contributed by atoms with Crippen molar-refractivity contribution in [3.8, 4) is 0 Å². The van der Waals surface area contributed by atoms with Crippen LogP contribution in [-0.4, -0.2) is 72.1 Å². The van der Waals surface area contributed by atoms with Crippen molar-refractivity contribution < 1.29 is 24.2 Å². The van der Waals surface area contributed by atoms with E-state index in [0.29, 0.717) is 37.2 Å². The number of methoxy groups -OCH3 is 1. The van der Waals surface area contributed by atoms with Gasteiger partial charge in [0.05, 0.1) is 11.5 Å². The highest BCUT2D eigenvalue weighted by Crippen LogP contribution is 2.32. The molecule has 2 amide bonds. The zero-order valence-corrected chi connectivity index (χ0v) is 15.7. The fourth-order valence-electron chi connectivity index (χ4n) is 3.97. The molecule has 0 saturated carbocycles. The van der Waals surface area contributed by atoms with Gasteiger partial charge in [-0.2, -0.15) is 0 Å². The molecule has 2 aliphatic heterocycles. The van der Waals surface area contributed by atoms with Gasteiger partial charge in [0.15, 0.2) is 0 Å². The predicted molar refractivity (Wildman–Crippen MR) is 96.1 cm³/mol. The molecule has 0 aromatic carbocycles. The van der Waals surface area contributed by atoms with Gasteiger partial charge in [0, 0.05) is 26.7 Å². The molecule has 0 spiro atoms. The zero-order valence-electron chi connectivity index (χ0n) is 14.8. The smallest absolute Gasteiger partial charge is 0.313 e. The van der Waals surface area contributed by atoms with Crippen LogP contribution in [0.4, 0.5) is 0 Å². The quantitative estimate of drug-likeness (QED) is 0.840. The van der Waals surface area contributed by atoms with Crippen LogP contribution in [0.2, 0.25) is 0 Å². The van der Waals surface area contributed by atoms with Crippen LogP contribution in [0.1, 0.15) is 35.4 Å². The molecule has 2 saturated heterocycles. The van der Waals surface area contributed by atoms with E-state index in [1.165, 1.54) is 18.4 Å². The number of carboxylic acids is 1. The van der Waals surface area contributed by atoms with Gasteiger partial charge in [-0.05, 0) is 37.1 Å². The van der Waals surface area contributed by atoms with Gasteiger partial charge in [-0.25, -0.2) is 0 Å². The van der Waals surface area contributed by atoms with Crippen LogP contribution >= 0.6 is 11.3 Å². The minimum Gasteiger partial charge on any atom is -0.481 e. The lowest BCUT2D eigenvalue weighted by Gasteiger charge is -2.41. The maximum Gasteiger partial charge on any atom is 0.313 e. The van der Waals surface area contributed by atoms with E-state index in [1.807, 2.05) is 11.4 Å². The first kappa shape index (κ1) is 18.8. The third-order valence-electron chi connectivity index (χ3n) is 5.29. The van der Waals surface area contributed by atoms with E-state index in [4.69, 9.17) is 4.74 Å². The largest absolute Gasteiger partial charge is 0.481 e. The van der Waals surface area contributed by atoms with E-state index in [2.05, 4.69) is 0 Å². The third-order valence-corrected chi connectivity index (χ3v) is 6.15. The second-order valence-electron chi connectivity index (χ2n) is 7.02. The standard InChI is InChI=1S/C18H24N2O5S/c1-25-12-18(17(23)24)7-4-8-19(11-18)15(21)13-5-2-9-20(13)16(22)14-6-3-10-26-14/h3,6,10,13H,2,4-5,7-9,11-12H2,1H3,(H,23,24). The number of rotatable bonds is 5. The number of piperidine rings is 1. The number of hydrogen-bond donors (Lipinski definition) is 1. The molecule has 3 rings (SSSR count). The molecular weight excluding hydrogens is 356 g/mol. The molecule has 2 atom stereocenters. The Bertz CT molecular complexity index is 673. The summed E-state index contributed by atoms with van der Waals surface area (Å²) in [6.45, 7) is 1.29. The fraction of sp³-hybridized carbons (Fsp3) is 0.611. The van der Waals surface area contributed by atoms with E-state index in [1.54, 1.807) is 15.9 Å². The number of carboxylic acid groups (broad SMARTS) is 1. The van der Waals surface area contributed by atoms with Gasteiger partial charge >= 0.3 is 5.97 Å². The number of nitrogens with zero attached hydrogens (tertiary/aromatic N) is 2.